The van der Waals surface area contributed by atoms with Crippen LogP contribution >= 0.6 is 11.6 Å². The van der Waals surface area contributed by atoms with Crippen molar-refractivity contribution in [3.8, 4) is 5.75 Å². The van der Waals surface area contributed by atoms with Gasteiger partial charge in [0.1, 0.15) is 17.6 Å². The zero-order valence-electron chi connectivity index (χ0n) is 22.8. The highest BCUT2D eigenvalue weighted by molar-refractivity contribution is 6.76. The van der Waals surface area contributed by atoms with Crippen LogP contribution < -0.4 is 4.74 Å². The Hall–Kier alpha value is -2.46. The fourth-order valence-electron chi connectivity index (χ4n) is 5.75. The number of hydrogen-bond donors (Lipinski definition) is 0. The molecule has 8 nitrogen and oxygen atoms in total. The summed E-state index contributed by atoms with van der Waals surface area (Å²) in [6, 6.07) is 11.6. The molecule has 3 atom stereocenters. The molecule has 0 amide bonds. The van der Waals surface area contributed by atoms with E-state index < -0.39 is 8.07 Å². The molecule has 1 aromatic carbocycles. The molecule has 0 radical (unpaired) electrons. The van der Waals surface area contributed by atoms with Crippen molar-refractivity contribution in [1.82, 2.24) is 24.1 Å². The second kappa shape index (κ2) is 11.7. The fraction of sp³-hybridized carbons (Fsp3) is 0.536. The molecular weight excluding hydrogens is 518 g/mol. The van der Waals surface area contributed by atoms with Crippen LogP contribution in [-0.4, -0.2) is 58.1 Å². The number of ether oxygens (including phenoxy) is 3. The Bertz CT molecular complexity index is 1360. The third-order valence-corrected chi connectivity index (χ3v) is 10.8. The Kier molecular flexibility index (Phi) is 8.37. The van der Waals surface area contributed by atoms with Gasteiger partial charge in [-0.1, -0.05) is 50.2 Å². The van der Waals surface area contributed by atoms with Gasteiger partial charge >= 0.3 is 0 Å². The minimum absolute atomic E-state index is 0.198. The number of halogens is 1. The molecular formula is C28H38ClN5O3Si. The van der Waals surface area contributed by atoms with Crippen LogP contribution in [0.25, 0.3) is 16.8 Å². The van der Waals surface area contributed by atoms with E-state index >= 15 is 0 Å². The highest BCUT2D eigenvalue weighted by atomic mass is 35.5. The van der Waals surface area contributed by atoms with Crippen molar-refractivity contribution in [3.63, 3.8) is 0 Å². The van der Waals surface area contributed by atoms with Crippen LogP contribution in [-0.2, 0) is 22.2 Å². The molecule has 3 heterocycles. The Balaban J connectivity index is 1.36. The van der Waals surface area contributed by atoms with Crippen molar-refractivity contribution in [2.24, 2.45) is 5.92 Å². The summed E-state index contributed by atoms with van der Waals surface area (Å²) >= 11 is 5.70. The normalized spacial score (nSPS) is 20.1. The second-order valence-electron chi connectivity index (χ2n) is 11.1. The molecule has 0 spiro atoms. The lowest BCUT2D eigenvalue weighted by molar-refractivity contribution is 0.0422. The van der Waals surface area contributed by atoms with Crippen LogP contribution in [0.3, 0.4) is 0 Å². The SMILES string of the molecule is CCC1CC(OCc2ccc(OC)cc2)CC1c1nnc2cnc3c(ccn3C[Si](C)(C)CCOCCl)n12. The molecule has 38 heavy (non-hydrogen) atoms. The van der Waals surface area contributed by atoms with E-state index in [1.165, 1.54) is 0 Å². The maximum Gasteiger partial charge on any atom is 0.179 e. The first kappa shape index (κ1) is 27.1. The number of hydrogen-bond acceptors (Lipinski definition) is 6. The molecule has 0 saturated heterocycles. The second-order valence-corrected chi connectivity index (χ2v) is 16.5. The van der Waals surface area contributed by atoms with Crippen molar-refractivity contribution in [3.05, 3.63) is 54.1 Å². The van der Waals surface area contributed by atoms with Crippen molar-refractivity contribution in [2.45, 2.75) is 70.1 Å². The zero-order chi connectivity index (χ0) is 26.7. The lowest BCUT2D eigenvalue weighted by atomic mass is 9.93. The average molecular weight is 556 g/mol. The minimum Gasteiger partial charge on any atom is -0.497 e. The van der Waals surface area contributed by atoms with Gasteiger partial charge in [-0.05, 0) is 48.6 Å². The van der Waals surface area contributed by atoms with Crippen LogP contribution in [0, 0.1) is 5.92 Å². The number of aromatic nitrogens is 5. The number of benzene rings is 1. The minimum atomic E-state index is -1.55. The fourth-order valence-corrected chi connectivity index (χ4v) is 7.89. The van der Waals surface area contributed by atoms with Gasteiger partial charge in [0.05, 0.1) is 39.6 Å². The first-order valence-corrected chi connectivity index (χ1v) is 17.4. The van der Waals surface area contributed by atoms with Crippen LogP contribution in [0.5, 0.6) is 5.75 Å². The van der Waals surface area contributed by atoms with E-state index in [2.05, 4.69) is 58.5 Å². The molecule has 4 aromatic rings. The number of rotatable bonds is 12. The van der Waals surface area contributed by atoms with E-state index in [0.717, 1.165) is 65.4 Å². The summed E-state index contributed by atoms with van der Waals surface area (Å²) in [4.78, 5) is 4.80. The van der Waals surface area contributed by atoms with Gasteiger partial charge in [-0.2, -0.15) is 0 Å². The molecule has 0 N–H and O–H groups in total. The Morgan fingerprint density at radius 1 is 1.11 bits per heavy atom. The van der Waals surface area contributed by atoms with Gasteiger partial charge in [-0.25, -0.2) is 4.98 Å². The standard InChI is InChI=1S/C28H38ClN5O3Si/c1-5-21-14-23(37-17-20-6-8-22(35-2)9-7-20)15-24(21)27-32-31-26-16-30-28-25(34(26)27)10-11-33(28)19-38(3,4)13-12-36-18-29/h6-11,16,21,23-24H,5,12-15,17-19H2,1-4H3. The summed E-state index contributed by atoms with van der Waals surface area (Å²) in [5.74, 6) is 2.69. The van der Waals surface area contributed by atoms with Crippen LogP contribution in [0.4, 0.5) is 0 Å². The van der Waals surface area contributed by atoms with Gasteiger partial charge in [0.2, 0.25) is 0 Å². The van der Waals surface area contributed by atoms with Crippen LogP contribution in [0.1, 0.15) is 43.5 Å². The summed E-state index contributed by atoms with van der Waals surface area (Å²) in [6.45, 7) is 8.34. The molecule has 1 fully saturated rings. The summed E-state index contributed by atoms with van der Waals surface area (Å²) in [5, 5.41) is 9.22. The molecule has 3 aromatic heterocycles. The van der Waals surface area contributed by atoms with Gasteiger partial charge in [0.15, 0.2) is 11.3 Å². The third kappa shape index (κ3) is 5.76. The summed E-state index contributed by atoms with van der Waals surface area (Å²) < 4.78 is 21.6. The van der Waals surface area contributed by atoms with Gasteiger partial charge in [0, 0.05) is 24.9 Å². The number of nitrogens with zero attached hydrogens (tertiary/aromatic N) is 5. The average Bonchev–Trinajstić information content (AvgIpc) is 3.64. The Labute approximate surface area is 230 Å². The largest absolute Gasteiger partial charge is 0.497 e. The highest BCUT2D eigenvalue weighted by Gasteiger charge is 2.38. The third-order valence-electron chi connectivity index (χ3n) is 7.92. The van der Waals surface area contributed by atoms with Crippen molar-refractivity contribution >= 4 is 36.5 Å². The van der Waals surface area contributed by atoms with E-state index in [9.17, 15) is 0 Å². The van der Waals surface area contributed by atoms with Crippen molar-refractivity contribution in [2.75, 3.05) is 19.8 Å². The van der Waals surface area contributed by atoms with E-state index in [-0.39, 0.29) is 12.2 Å². The molecule has 0 aliphatic heterocycles. The van der Waals surface area contributed by atoms with Gasteiger partial charge < -0.3 is 18.8 Å². The van der Waals surface area contributed by atoms with Gasteiger partial charge in [-0.15, -0.1) is 10.2 Å². The number of alkyl halides is 1. The van der Waals surface area contributed by atoms with Crippen LogP contribution in [0.15, 0.2) is 42.7 Å². The first-order valence-electron chi connectivity index (χ1n) is 13.5. The monoisotopic (exact) mass is 555 g/mol. The molecule has 5 rings (SSSR count). The lowest BCUT2D eigenvalue weighted by Crippen LogP contribution is -2.33. The molecule has 1 saturated carbocycles. The molecule has 1 aliphatic carbocycles. The summed E-state index contributed by atoms with van der Waals surface area (Å²) in [7, 11) is 0.139. The predicted octanol–water partition coefficient (Wildman–Crippen LogP) is 6.04. The van der Waals surface area contributed by atoms with Crippen molar-refractivity contribution in [1.29, 1.82) is 0 Å². The van der Waals surface area contributed by atoms with E-state index in [1.54, 1.807) is 7.11 Å². The highest BCUT2D eigenvalue weighted by Crippen LogP contribution is 2.43. The smallest absolute Gasteiger partial charge is 0.179 e. The van der Waals surface area contributed by atoms with Crippen LogP contribution in [0.2, 0.25) is 19.1 Å². The molecule has 0 bridgehead atoms. The zero-order valence-corrected chi connectivity index (χ0v) is 24.5. The topological polar surface area (TPSA) is 75.7 Å². The van der Waals surface area contributed by atoms with E-state index in [0.29, 0.717) is 25.0 Å². The number of fused-ring (bicyclic) bond motifs is 3. The molecule has 204 valence electrons. The van der Waals surface area contributed by atoms with E-state index in [1.807, 2.05) is 18.3 Å². The molecule has 1 aliphatic rings. The summed E-state index contributed by atoms with van der Waals surface area (Å²) in [6.07, 6.45) is 8.25. The Morgan fingerprint density at radius 2 is 1.92 bits per heavy atom. The Morgan fingerprint density at radius 3 is 2.66 bits per heavy atom. The quantitative estimate of drug-likeness (QED) is 0.120. The first-order chi connectivity index (χ1) is 18.4. The number of methoxy groups -OCH3 is 1. The predicted molar refractivity (Wildman–Crippen MR) is 153 cm³/mol. The maximum absolute atomic E-state index is 6.39. The lowest BCUT2D eigenvalue weighted by Gasteiger charge is -2.23. The van der Waals surface area contributed by atoms with E-state index in [4.69, 9.17) is 35.9 Å². The van der Waals surface area contributed by atoms with Crippen molar-refractivity contribution < 1.29 is 14.2 Å². The van der Waals surface area contributed by atoms with Gasteiger partial charge in [-0.3, -0.25) is 4.40 Å². The molecule has 10 heteroatoms. The molecule has 3 unspecified atom stereocenters. The summed E-state index contributed by atoms with van der Waals surface area (Å²) in [5.41, 5.74) is 4.01. The van der Waals surface area contributed by atoms with Gasteiger partial charge in [0.25, 0.3) is 0 Å². The maximum atomic E-state index is 6.39.